The first-order valence-electron chi connectivity index (χ1n) is 6.59. The van der Waals surface area contributed by atoms with E-state index in [1.807, 2.05) is 19.1 Å². The summed E-state index contributed by atoms with van der Waals surface area (Å²) < 4.78 is 18.3. The van der Waals surface area contributed by atoms with E-state index in [0.717, 1.165) is 18.6 Å². The SMILES string of the molecule is C[C@H](CCc1ccco1)NC(=S)Nc1ccc(F)c(Cl)c1. The van der Waals surface area contributed by atoms with E-state index >= 15 is 0 Å². The Morgan fingerprint density at radius 1 is 1.43 bits per heavy atom. The van der Waals surface area contributed by atoms with Crippen molar-refractivity contribution in [1.82, 2.24) is 5.32 Å². The molecular formula is C15H16ClFN2OS. The van der Waals surface area contributed by atoms with Gasteiger partial charge in [-0.2, -0.15) is 0 Å². The molecule has 2 N–H and O–H groups in total. The number of hydrogen-bond acceptors (Lipinski definition) is 2. The Kier molecular flexibility index (Phi) is 5.59. The Morgan fingerprint density at radius 3 is 2.90 bits per heavy atom. The van der Waals surface area contributed by atoms with E-state index in [2.05, 4.69) is 10.6 Å². The summed E-state index contributed by atoms with van der Waals surface area (Å²) in [5.74, 6) is 0.501. The molecule has 2 rings (SSSR count). The first-order valence-corrected chi connectivity index (χ1v) is 7.38. The van der Waals surface area contributed by atoms with Crippen molar-refractivity contribution in [3.8, 4) is 0 Å². The third-order valence-corrected chi connectivity index (χ3v) is 3.47. The van der Waals surface area contributed by atoms with Crippen molar-refractivity contribution in [2.75, 3.05) is 5.32 Å². The quantitative estimate of drug-likeness (QED) is 0.800. The minimum atomic E-state index is -0.451. The van der Waals surface area contributed by atoms with Crippen molar-refractivity contribution in [2.24, 2.45) is 0 Å². The molecule has 0 amide bonds. The Hall–Kier alpha value is -1.59. The third kappa shape index (κ3) is 5.02. The highest BCUT2D eigenvalue weighted by Gasteiger charge is 2.07. The van der Waals surface area contributed by atoms with E-state index in [-0.39, 0.29) is 11.1 Å². The normalized spacial score (nSPS) is 12.0. The Labute approximate surface area is 133 Å². The maximum absolute atomic E-state index is 13.1. The van der Waals surface area contributed by atoms with Crippen LogP contribution in [-0.2, 0) is 6.42 Å². The number of anilines is 1. The van der Waals surface area contributed by atoms with Gasteiger partial charge in [-0.1, -0.05) is 11.6 Å². The fraction of sp³-hybridized carbons (Fsp3) is 0.267. The first kappa shape index (κ1) is 15.8. The highest BCUT2D eigenvalue weighted by atomic mass is 35.5. The predicted octanol–water partition coefficient (Wildman–Crippen LogP) is 4.38. The highest BCUT2D eigenvalue weighted by Crippen LogP contribution is 2.19. The Balaban J connectivity index is 1.79. The van der Waals surface area contributed by atoms with Gasteiger partial charge in [0.15, 0.2) is 5.11 Å². The van der Waals surface area contributed by atoms with Crippen LogP contribution in [0, 0.1) is 5.82 Å². The molecule has 2 aromatic rings. The summed E-state index contributed by atoms with van der Waals surface area (Å²) in [6.45, 7) is 2.04. The van der Waals surface area contributed by atoms with Crippen LogP contribution in [0.5, 0.6) is 0 Å². The highest BCUT2D eigenvalue weighted by molar-refractivity contribution is 7.80. The van der Waals surface area contributed by atoms with Crippen LogP contribution in [0.3, 0.4) is 0 Å². The summed E-state index contributed by atoms with van der Waals surface area (Å²) in [6.07, 6.45) is 3.39. The van der Waals surface area contributed by atoms with Crippen LogP contribution in [-0.4, -0.2) is 11.2 Å². The number of nitrogens with one attached hydrogen (secondary N) is 2. The summed E-state index contributed by atoms with van der Waals surface area (Å²) in [5, 5.41) is 6.69. The van der Waals surface area contributed by atoms with E-state index in [0.29, 0.717) is 10.8 Å². The number of furan rings is 1. The monoisotopic (exact) mass is 326 g/mol. The zero-order chi connectivity index (χ0) is 15.2. The van der Waals surface area contributed by atoms with Gasteiger partial charge in [0.1, 0.15) is 11.6 Å². The number of benzene rings is 1. The fourth-order valence-corrected chi connectivity index (χ4v) is 2.35. The van der Waals surface area contributed by atoms with Gasteiger partial charge in [-0.3, -0.25) is 0 Å². The van der Waals surface area contributed by atoms with Gasteiger partial charge in [0.2, 0.25) is 0 Å². The molecular weight excluding hydrogens is 311 g/mol. The summed E-state index contributed by atoms with van der Waals surface area (Å²) in [6, 6.07) is 8.39. The molecule has 0 saturated carbocycles. The van der Waals surface area contributed by atoms with E-state index in [1.54, 1.807) is 12.3 Å². The van der Waals surface area contributed by atoms with Gasteiger partial charge >= 0.3 is 0 Å². The minimum Gasteiger partial charge on any atom is -0.469 e. The van der Waals surface area contributed by atoms with Crippen molar-refractivity contribution >= 4 is 34.6 Å². The zero-order valence-corrected chi connectivity index (χ0v) is 13.1. The minimum absolute atomic E-state index is 0.0636. The van der Waals surface area contributed by atoms with Crippen molar-refractivity contribution in [3.05, 3.63) is 53.2 Å². The van der Waals surface area contributed by atoms with Crippen LogP contribution >= 0.6 is 23.8 Å². The van der Waals surface area contributed by atoms with E-state index in [9.17, 15) is 4.39 Å². The molecule has 1 aromatic carbocycles. The van der Waals surface area contributed by atoms with Crippen LogP contribution in [0.2, 0.25) is 5.02 Å². The molecule has 0 aliphatic carbocycles. The molecule has 6 heteroatoms. The fourth-order valence-electron chi connectivity index (χ4n) is 1.85. The predicted molar refractivity (Wildman–Crippen MR) is 87.3 cm³/mol. The van der Waals surface area contributed by atoms with E-state index in [1.165, 1.54) is 12.1 Å². The molecule has 0 aliphatic heterocycles. The number of rotatable bonds is 5. The van der Waals surface area contributed by atoms with Crippen molar-refractivity contribution in [2.45, 2.75) is 25.8 Å². The standard InChI is InChI=1S/C15H16ClFN2OS/c1-10(4-6-12-3-2-8-20-12)18-15(21)19-11-5-7-14(17)13(16)9-11/h2-3,5,7-10H,4,6H2,1H3,(H2,18,19,21)/t10-/m1/s1. The molecule has 3 nitrogen and oxygen atoms in total. The lowest BCUT2D eigenvalue weighted by molar-refractivity contribution is 0.483. The van der Waals surface area contributed by atoms with Crippen molar-refractivity contribution in [1.29, 1.82) is 0 Å². The molecule has 0 unspecified atom stereocenters. The van der Waals surface area contributed by atoms with Gasteiger partial charge in [0.05, 0.1) is 11.3 Å². The van der Waals surface area contributed by atoms with Gasteiger partial charge in [0, 0.05) is 18.2 Å². The molecule has 0 fully saturated rings. The Bertz CT molecular complexity index is 604. The van der Waals surface area contributed by atoms with Crippen LogP contribution in [0.4, 0.5) is 10.1 Å². The van der Waals surface area contributed by atoms with E-state index in [4.69, 9.17) is 28.2 Å². The van der Waals surface area contributed by atoms with Gasteiger partial charge in [-0.05, 0) is 55.9 Å². The molecule has 0 aliphatic rings. The smallest absolute Gasteiger partial charge is 0.170 e. The van der Waals surface area contributed by atoms with Crippen molar-refractivity contribution in [3.63, 3.8) is 0 Å². The van der Waals surface area contributed by atoms with E-state index < -0.39 is 5.82 Å². The van der Waals surface area contributed by atoms with Crippen LogP contribution in [0.15, 0.2) is 41.0 Å². The summed E-state index contributed by atoms with van der Waals surface area (Å²) >= 11 is 10.9. The van der Waals surface area contributed by atoms with Gasteiger partial charge < -0.3 is 15.1 Å². The average molecular weight is 327 g/mol. The Morgan fingerprint density at radius 2 is 2.24 bits per heavy atom. The third-order valence-electron chi connectivity index (χ3n) is 2.96. The molecule has 0 bridgehead atoms. The largest absolute Gasteiger partial charge is 0.469 e. The molecule has 112 valence electrons. The molecule has 1 aromatic heterocycles. The number of thiocarbonyl (C=S) groups is 1. The van der Waals surface area contributed by atoms with Crippen LogP contribution in [0.1, 0.15) is 19.1 Å². The molecule has 0 saturated heterocycles. The lowest BCUT2D eigenvalue weighted by atomic mass is 10.1. The molecule has 1 heterocycles. The van der Waals surface area contributed by atoms with Gasteiger partial charge in [-0.25, -0.2) is 4.39 Å². The summed E-state index contributed by atoms with van der Waals surface area (Å²) in [5.41, 5.74) is 0.650. The second-order valence-corrected chi connectivity index (χ2v) is 5.56. The van der Waals surface area contributed by atoms with Crippen LogP contribution in [0.25, 0.3) is 0 Å². The van der Waals surface area contributed by atoms with Crippen molar-refractivity contribution < 1.29 is 8.81 Å². The topological polar surface area (TPSA) is 37.2 Å². The molecule has 21 heavy (non-hydrogen) atoms. The number of aryl methyl sites for hydroxylation is 1. The average Bonchev–Trinajstić information content (AvgIpc) is 2.94. The van der Waals surface area contributed by atoms with Gasteiger partial charge in [0.25, 0.3) is 0 Å². The molecule has 0 radical (unpaired) electrons. The zero-order valence-electron chi connectivity index (χ0n) is 11.5. The summed E-state index contributed by atoms with van der Waals surface area (Å²) in [7, 11) is 0. The number of hydrogen-bond donors (Lipinski definition) is 2. The second-order valence-electron chi connectivity index (χ2n) is 4.75. The maximum Gasteiger partial charge on any atom is 0.170 e. The summed E-state index contributed by atoms with van der Waals surface area (Å²) in [4.78, 5) is 0. The molecule has 1 atom stereocenters. The van der Waals surface area contributed by atoms with Crippen LogP contribution < -0.4 is 10.6 Å². The number of halogens is 2. The lowest BCUT2D eigenvalue weighted by Crippen LogP contribution is -2.36. The maximum atomic E-state index is 13.1. The second kappa shape index (κ2) is 7.43. The van der Waals surface area contributed by atoms with Gasteiger partial charge in [-0.15, -0.1) is 0 Å². The lowest BCUT2D eigenvalue weighted by Gasteiger charge is -2.16. The first-order chi connectivity index (χ1) is 10.0. The molecule has 0 spiro atoms.